The van der Waals surface area contributed by atoms with E-state index in [1.165, 1.54) is 18.3 Å². The molecule has 1 atom stereocenters. The Bertz CT molecular complexity index is 1190. The maximum absolute atomic E-state index is 13.0. The van der Waals surface area contributed by atoms with Crippen LogP contribution >= 0.6 is 11.6 Å². The van der Waals surface area contributed by atoms with Crippen LogP contribution in [0.2, 0.25) is 0 Å². The Morgan fingerprint density at radius 3 is 2.59 bits per heavy atom. The molecule has 0 saturated carbocycles. The molecule has 0 spiro atoms. The van der Waals surface area contributed by atoms with E-state index in [1.807, 2.05) is 4.90 Å². The first-order valence-corrected chi connectivity index (χ1v) is 13.4. The normalized spacial score (nSPS) is 19.6. The number of piperidine rings is 1. The third-order valence-corrected chi connectivity index (χ3v) is 7.20. The van der Waals surface area contributed by atoms with Crippen molar-refractivity contribution >= 4 is 34.4 Å². The lowest BCUT2D eigenvalue weighted by Crippen LogP contribution is -2.59. The number of carbonyl (C=O) groups is 2. The molecule has 2 fully saturated rings. The van der Waals surface area contributed by atoms with E-state index in [-0.39, 0.29) is 41.7 Å². The number of likely N-dealkylation sites (tertiary alicyclic amines) is 1. The van der Waals surface area contributed by atoms with Crippen LogP contribution in [0.4, 0.5) is 5.82 Å². The number of allylic oxidation sites excluding steroid dienone is 2. The number of nitrogens with zero attached hydrogens (tertiary/aromatic N) is 5. The zero-order chi connectivity index (χ0) is 28.5. The lowest BCUT2D eigenvalue weighted by molar-refractivity contribution is -0.128. The Hall–Kier alpha value is -3.58. The van der Waals surface area contributed by atoms with Crippen LogP contribution in [0, 0.1) is 10.3 Å². The van der Waals surface area contributed by atoms with E-state index in [4.69, 9.17) is 22.7 Å². The summed E-state index contributed by atoms with van der Waals surface area (Å²) in [4.78, 5) is 61.2. The standard InChI is InChI=1S/C25H36ClN9O4/c1-3-17-15-34(22-24(37)32-20(14-30-22)23(36)29-8-9-31-39)12-13-35(17)18-6-10-33(11-7-18)25(38)19(16(2)27)4-5-21(26)28/h4-5,14,17-18,28H,3,6-13,15,27H2,1-2H3,(H,29,36)(H,32,37)/b5-4-,19-16-,28-21?. The topological polar surface area (TPSA) is 181 Å². The second-order valence-electron chi connectivity index (χ2n) is 9.61. The molecule has 3 rings (SSSR count). The van der Waals surface area contributed by atoms with E-state index < -0.39 is 11.5 Å². The largest absolute Gasteiger partial charge is 0.402 e. The van der Waals surface area contributed by atoms with Gasteiger partial charge in [0.25, 0.3) is 17.4 Å². The quantitative estimate of drug-likeness (QED) is 0.108. The lowest BCUT2D eigenvalue weighted by atomic mass is 9.97. The van der Waals surface area contributed by atoms with Crippen LogP contribution in [0.5, 0.6) is 0 Å². The summed E-state index contributed by atoms with van der Waals surface area (Å²) in [7, 11) is 0. The fraction of sp³-hybridized carbons (Fsp3) is 0.560. The van der Waals surface area contributed by atoms with Gasteiger partial charge in [-0.15, -0.1) is 0 Å². The van der Waals surface area contributed by atoms with Crippen LogP contribution < -0.4 is 21.5 Å². The number of amides is 2. The molecule has 0 aromatic carbocycles. The summed E-state index contributed by atoms with van der Waals surface area (Å²) in [5.74, 6) is -0.411. The molecule has 0 bridgehead atoms. The minimum Gasteiger partial charge on any atom is -0.402 e. The van der Waals surface area contributed by atoms with Crippen molar-refractivity contribution < 1.29 is 9.59 Å². The molecule has 2 amide bonds. The highest BCUT2D eigenvalue weighted by atomic mass is 35.5. The second-order valence-corrected chi connectivity index (χ2v) is 10.0. The average Bonchev–Trinajstić information content (AvgIpc) is 2.92. The van der Waals surface area contributed by atoms with Gasteiger partial charge in [-0.1, -0.05) is 23.7 Å². The molecule has 2 saturated heterocycles. The molecule has 13 nitrogen and oxygen atoms in total. The molecule has 1 aromatic rings. The van der Waals surface area contributed by atoms with Gasteiger partial charge in [-0.05, 0) is 38.3 Å². The Morgan fingerprint density at radius 1 is 1.28 bits per heavy atom. The number of aromatic amines is 1. The number of anilines is 1. The van der Waals surface area contributed by atoms with E-state index in [0.717, 1.165) is 25.8 Å². The number of nitrogens with two attached hydrogens (primary N) is 1. The fourth-order valence-corrected chi connectivity index (χ4v) is 5.11. The maximum Gasteiger partial charge on any atom is 0.291 e. The van der Waals surface area contributed by atoms with Crippen molar-refractivity contribution in [3.8, 4) is 0 Å². The summed E-state index contributed by atoms with van der Waals surface area (Å²) in [6, 6.07) is 0.503. The molecule has 1 aromatic heterocycles. The SMILES string of the molecule is CCC1CN(c2ncc(C(=O)NCCN=O)[nH]c2=O)CCN1C1CCN(C(=O)C(/C=C\C(=N)Cl)=C(/C)N)CC1. The third kappa shape index (κ3) is 7.73. The molecule has 39 heavy (non-hydrogen) atoms. The minimum absolute atomic E-state index is 0.0286. The van der Waals surface area contributed by atoms with Crippen LogP contribution in [0.25, 0.3) is 0 Å². The minimum atomic E-state index is -0.519. The van der Waals surface area contributed by atoms with E-state index in [0.29, 0.717) is 43.5 Å². The monoisotopic (exact) mass is 561 g/mol. The number of piperazine rings is 1. The zero-order valence-corrected chi connectivity index (χ0v) is 23.0. The first-order chi connectivity index (χ1) is 18.7. The van der Waals surface area contributed by atoms with Crippen molar-refractivity contribution in [2.45, 2.75) is 45.2 Å². The molecule has 0 radical (unpaired) electrons. The molecular formula is C25H36ClN9O4. The Morgan fingerprint density at radius 2 is 2.00 bits per heavy atom. The number of H-pyrrole nitrogens is 1. The summed E-state index contributed by atoms with van der Waals surface area (Å²) in [6.45, 7) is 6.96. The van der Waals surface area contributed by atoms with Gasteiger partial charge in [-0.2, -0.15) is 4.91 Å². The highest BCUT2D eigenvalue weighted by Crippen LogP contribution is 2.25. The van der Waals surface area contributed by atoms with Gasteiger partial charge in [0.15, 0.2) is 5.82 Å². The number of rotatable bonds is 10. The van der Waals surface area contributed by atoms with Crippen LogP contribution in [-0.4, -0.2) is 94.6 Å². The van der Waals surface area contributed by atoms with E-state index in [2.05, 4.69) is 32.3 Å². The van der Waals surface area contributed by atoms with Crippen LogP contribution in [-0.2, 0) is 4.79 Å². The van der Waals surface area contributed by atoms with Gasteiger partial charge in [-0.25, -0.2) is 4.98 Å². The number of hydrogen-bond donors (Lipinski definition) is 4. The lowest BCUT2D eigenvalue weighted by Gasteiger charge is -2.47. The third-order valence-electron chi connectivity index (χ3n) is 7.07. The summed E-state index contributed by atoms with van der Waals surface area (Å²) in [6.07, 6.45) is 6.68. The first-order valence-electron chi connectivity index (χ1n) is 13.0. The number of nitroso groups, excluding NO2 is 1. The highest BCUT2D eigenvalue weighted by Gasteiger charge is 2.35. The number of nitrogens with one attached hydrogen (secondary N) is 3. The molecule has 2 aliphatic heterocycles. The molecule has 5 N–H and O–H groups in total. The molecule has 1 unspecified atom stereocenters. The summed E-state index contributed by atoms with van der Waals surface area (Å²) in [5.41, 5.74) is 6.23. The highest BCUT2D eigenvalue weighted by molar-refractivity contribution is 6.67. The molecule has 0 aliphatic carbocycles. The van der Waals surface area contributed by atoms with Crippen molar-refractivity contribution in [1.82, 2.24) is 25.1 Å². The maximum atomic E-state index is 13.0. The number of hydrogen-bond acceptors (Lipinski definition) is 10. The predicted octanol–water partition coefficient (Wildman–Crippen LogP) is 1.16. The summed E-state index contributed by atoms with van der Waals surface area (Å²) >= 11 is 5.60. The van der Waals surface area contributed by atoms with Crippen molar-refractivity contribution in [3.63, 3.8) is 0 Å². The average molecular weight is 562 g/mol. The fourth-order valence-electron chi connectivity index (χ4n) is 5.05. The first kappa shape index (κ1) is 30.0. The van der Waals surface area contributed by atoms with Crippen LogP contribution in [0.3, 0.4) is 0 Å². The Kier molecular flexibility index (Phi) is 10.8. The van der Waals surface area contributed by atoms with Gasteiger partial charge in [0.1, 0.15) is 10.9 Å². The predicted molar refractivity (Wildman–Crippen MR) is 150 cm³/mol. The second kappa shape index (κ2) is 14.0. The number of aromatic nitrogens is 2. The Balaban J connectivity index is 1.60. The zero-order valence-electron chi connectivity index (χ0n) is 22.3. The van der Waals surface area contributed by atoms with Crippen molar-refractivity contribution in [1.29, 1.82) is 5.41 Å². The van der Waals surface area contributed by atoms with Crippen LogP contribution in [0.1, 0.15) is 43.6 Å². The number of halogens is 1. The molecule has 212 valence electrons. The van der Waals surface area contributed by atoms with Crippen molar-refractivity contribution in [3.05, 3.63) is 50.6 Å². The molecule has 2 aliphatic rings. The Labute approximate surface area is 231 Å². The van der Waals surface area contributed by atoms with E-state index in [9.17, 15) is 19.3 Å². The van der Waals surface area contributed by atoms with Crippen LogP contribution in [0.15, 0.2) is 39.6 Å². The summed E-state index contributed by atoms with van der Waals surface area (Å²) in [5, 5.41) is 12.4. The van der Waals surface area contributed by atoms with Gasteiger partial charge < -0.3 is 25.8 Å². The van der Waals surface area contributed by atoms with Gasteiger partial charge in [0, 0.05) is 57.0 Å². The van der Waals surface area contributed by atoms with E-state index >= 15 is 0 Å². The van der Waals surface area contributed by atoms with Gasteiger partial charge in [-0.3, -0.25) is 24.7 Å². The van der Waals surface area contributed by atoms with E-state index in [1.54, 1.807) is 11.8 Å². The molecule has 3 heterocycles. The molecule has 14 heteroatoms. The van der Waals surface area contributed by atoms with Gasteiger partial charge >= 0.3 is 0 Å². The van der Waals surface area contributed by atoms with Crippen molar-refractivity contribution in [2.75, 3.05) is 50.7 Å². The molecular weight excluding hydrogens is 526 g/mol. The summed E-state index contributed by atoms with van der Waals surface area (Å²) < 4.78 is 0. The van der Waals surface area contributed by atoms with Crippen molar-refractivity contribution in [2.24, 2.45) is 10.9 Å². The smallest absolute Gasteiger partial charge is 0.291 e. The number of carbonyl (C=O) groups excluding carboxylic acids is 2. The van der Waals surface area contributed by atoms with Gasteiger partial charge in [0.2, 0.25) is 0 Å². The van der Waals surface area contributed by atoms with Gasteiger partial charge in [0.05, 0.1) is 18.3 Å².